The normalized spacial score (nSPS) is 11.7. The maximum Gasteiger partial charge on any atom is 0.347 e. The number of fused-ring (bicyclic) bond motifs is 1. The first-order chi connectivity index (χ1) is 11.9. The zero-order chi connectivity index (χ0) is 18.0. The van der Waals surface area contributed by atoms with E-state index in [2.05, 4.69) is 41.3 Å². The Balaban J connectivity index is 1.97. The van der Waals surface area contributed by atoms with Gasteiger partial charge in [-0.15, -0.1) is 5.10 Å². The van der Waals surface area contributed by atoms with Gasteiger partial charge in [-0.05, 0) is 13.0 Å². The van der Waals surface area contributed by atoms with Crippen LogP contribution in [0.15, 0.2) is 35.3 Å². The number of nitrogens with zero attached hydrogens (tertiary/aromatic N) is 3. The third kappa shape index (κ3) is 3.50. The highest BCUT2D eigenvalue weighted by Crippen LogP contribution is 2.24. The average Bonchev–Trinajstić information content (AvgIpc) is 2.95. The Morgan fingerprint density at radius 3 is 2.76 bits per heavy atom. The molecule has 0 aliphatic carbocycles. The van der Waals surface area contributed by atoms with Crippen molar-refractivity contribution in [2.75, 3.05) is 11.9 Å². The molecule has 0 saturated carbocycles. The molecule has 132 valence electrons. The van der Waals surface area contributed by atoms with Gasteiger partial charge in [0.25, 0.3) is 0 Å². The first-order valence-electron chi connectivity index (χ1n) is 8.33. The summed E-state index contributed by atoms with van der Waals surface area (Å²) in [6.07, 6.45) is 1.74. The van der Waals surface area contributed by atoms with Gasteiger partial charge in [0.1, 0.15) is 5.75 Å². The fourth-order valence-electron chi connectivity index (χ4n) is 2.52. The van der Waals surface area contributed by atoms with Gasteiger partial charge in [0.2, 0.25) is 5.65 Å². The SMILES string of the molecule is CCOc1ccccc1CNc1nc(C(C)(C)C)cn2c(=O)[nH]nc12. The fraction of sp³-hybridized carbons (Fsp3) is 0.389. The molecule has 7 heteroatoms. The first kappa shape index (κ1) is 17.0. The predicted octanol–water partition coefficient (Wildman–Crippen LogP) is 2.73. The molecule has 0 saturated heterocycles. The molecule has 2 N–H and O–H groups in total. The fourth-order valence-corrected chi connectivity index (χ4v) is 2.52. The van der Waals surface area contributed by atoms with Gasteiger partial charge in [0, 0.05) is 23.7 Å². The molecule has 0 bridgehead atoms. The van der Waals surface area contributed by atoms with Crippen molar-refractivity contribution < 1.29 is 4.74 Å². The lowest BCUT2D eigenvalue weighted by atomic mass is 9.93. The number of nitrogens with one attached hydrogen (secondary N) is 2. The molecule has 25 heavy (non-hydrogen) atoms. The molecule has 2 heterocycles. The Labute approximate surface area is 146 Å². The van der Waals surface area contributed by atoms with Crippen molar-refractivity contribution in [2.45, 2.75) is 39.7 Å². The lowest BCUT2D eigenvalue weighted by molar-refractivity contribution is 0.337. The zero-order valence-corrected chi connectivity index (χ0v) is 15.0. The maximum absolute atomic E-state index is 12.0. The number of aromatic amines is 1. The number of aromatic nitrogens is 4. The average molecular weight is 341 g/mol. The summed E-state index contributed by atoms with van der Waals surface area (Å²) >= 11 is 0. The van der Waals surface area contributed by atoms with Gasteiger partial charge < -0.3 is 10.1 Å². The van der Waals surface area contributed by atoms with Crippen molar-refractivity contribution >= 4 is 11.5 Å². The van der Waals surface area contributed by atoms with Crippen LogP contribution >= 0.6 is 0 Å². The van der Waals surface area contributed by atoms with E-state index in [1.807, 2.05) is 31.2 Å². The van der Waals surface area contributed by atoms with Gasteiger partial charge in [-0.1, -0.05) is 39.0 Å². The minimum Gasteiger partial charge on any atom is -0.494 e. The molecule has 7 nitrogen and oxygen atoms in total. The van der Waals surface area contributed by atoms with E-state index in [1.54, 1.807) is 6.20 Å². The van der Waals surface area contributed by atoms with Crippen LogP contribution in [0.1, 0.15) is 39.0 Å². The molecular weight excluding hydrogens is 318 g/mol. The smallest absolute Gasteiger partial charge is 0.347 e. The van der Waals surface area contributed by atoms with Gasteiger partial charge in [-0.25, -0.2) is 19.3 Å². The van der Waals surface area contributed by atoms with Crippen molar-refractivity contribution in [3.05, 3.63) is 52.2 Å². The second kappa shape index (κ2) is 6.58. The highest BCUT2D eigenvalue weighted by Gasteiger charge is 2.20. The van der Waals surface area contributed by atoms with Gasteiger partial charge in [0.15, 0.2) is 5.82 Å². The van der Waals surface area contributed by atoms with E-state index in [0.717, 1.165) is 17.0 Å². The molecule has 0 aliphatic rings. The Morgan fingerprint density at radius 2 is 2.04 bits per heavy atom. The molecule has 2 aromatic heterocycles. The lowest BCUT2D eigenvalue weighted by Crippen LogP contribution is -2.19. The van der Waals surface area contributed by atoms with E-state index in [0.29, 0.717) is 24.6 Å². The maximum atomic E-state index is 12.0. The number of H-pyrrole nitrogens is 1. The van der Waals surface area contributed by atoms with Crippen LogP contribution in [0.3, 0.4) is 0 Å². The largest absolute Gasteiger partial charge is 0.494 e. The summed E-state index contributed by atoms with van der Waals surface area (Å²) in [4.78, 5) is 16.7. The summed E-state index contributed by atoms with van der Waals surface area (Å²) in [5.41, 5.74) is 1.84. The van der Waals surface area contributed by atoms with E-state index in [9.17, 15) is 4.79 Å². The summed E-state index contributed by atoms with van der Waals surface area (Å²) in [5.74, 6) is 1.40. The molecule has 0 atom stereocenters. The summed E-state index contributed by atoms with van der Waals surface area (Å²) in [7, 11) is 0. The van der Waals surface area contributed by atoms with Crippen molar-refractivity contribution in [1.82, 2.24) is 19.6 Å². The monoisotopic (exact) mass is 341 g/mol. The number of anilines is 1. The quantitative estimate of drug-likeness (QED) is 0.745. The van der Waals surface area contributed by atoms with Crippen molar-refractivity contribution in [2.24, 2.45) is 0 Å². The molecule has 0 radical (unpaired) electrons. The van der Waals surface area contributed by atoms with Crippen LogP contribution < -0.4 is 15.7 Å². The third-order valence-corrected chi connectivity index (χ3v) is 3.89. The Morgan fingerprint density at radius 1 is 1.28 bits per heavy atom. The molecule has 0 spiro atoms. The van der Waals surface area contributed by atoms with Crippen LogP contribution in [0.4, 0.5) is 5.82 Å². The number of benzene rings is 1. The van der Waals surface area contributed by atoms with Crippen molar-refractivity contribution in [3.63, 3.8) is 0 Å². The van der Waals surface area contributed by atoms with Gasteiger partial charge in [0.05, 0.1) is 12.3 Å². The van der Waals surface area contributed by atoms with E-state index >= 15 is 0 Å². The Bertz CT molecular complexity index is 937. The van der Waals surface area contributed by atoms with Gasteiger partial charge >= 0.3 is 5.69 Å². The number of hydrogen-bond donors (Lipinski definition) is 2. The summed E-state index contributed by atoms with van der Waals surface area (Å²) in [6.45, 7) is 9.25. The van der Waals surface area contributed by atoms with E-state index in [1.165, 1.54) is 4.40 Å². The molecule has 0 amide bonds. The van der Waals surface area contributed by atoms with Crippen LogP contribution in [-0.4, -0.2) is 26.2 Å². The summed E-state index contributed by atoms with van der Waals surface area (Å²) in [5, 5.41) is 9.86. The number of para-hydroxylation sites is 1. The summed E-state index contributed by atoms with van der Waals surface area (Å²) in [6, 6.07) is 7.85. The van der Waals surface area contributed by atoms with Crippen LogP contribution in [0.5, 0.6) is 5.75 Å². The van der Waals surface area contributed by atoms with Crippen LogP contribution in [0.25, 0.3) is 5.65 Å². The van der Waals surface area contributed by atoms with E-state index in [4.69, 9.17) is 4.74 Å². The summed E-state index contributed by atoms with van der Waals surface area (Å²) < 4.78 is 7.15. The molecule has 3 rings (SSSR count). The molecule has 0 unspecified atom stereocenters. The number of hydrogen-bond acceptors (Lipinski definition) is 5. The molecule has 3 aromatic rings. The van der Waals surface area contributed by atoms with Crippen molar-refractivity contribution in [3.8, 4) is 5.75 Å². The van der Waals surface area contributed by atoms with Crippen molar-refractivity contribution in [1.29, 1.82) is 0 Å². The molecule has 0 aliphatic heterocycles. The highest BCUT2D eigenvalue weighted by molar-refractivity contribution is 5.62. The Kier molecular flexibility index (Phi) is 4.48. The number of ether oxygens (including phenoxy) is 1. The standard InChI is InChI=1S/C18H23N5O2/c1-5-25-13-9-7-6-8-12(13)10-19-15-16-21-22-17(24)23(16)11-14(20-15)18(2,3)4/h6-9,11H,5,10H2,1-4H3,(H,19,20)(H,22,24). The van der Waals surface area contributed by atoms with E-state index < -0.39 is 0 Å². The lowest BCUT2D eigenvalue weighted by Gasteiger charge is -2.19. The molecule has 1 aromatic carbocycles. The second-order valence-corrected chi connectivity index (χ2v) is 6.84. The van der Waals surface area contributed by atoms with Crippen LogP contribution in [-0.2, 0) is 12.0 Å². The zero-order valence-electron chi connectivity index (χ0n) is 15.0. The van der Waals surface area contributed by atoms with Gasteiger partial charge in [-0.2, -0.15) is 0 Å². The highest BCUT2D eigenvalue weighted by atomic mass is 16.5. The Hall–Kier alpha value is -2.83. The second-order valence-electron chi connectivity index (χ2n) is 6.84. The third-order valence-electron chi connectivity index (χ3n) is 3.89. The first-order valence-corrected chi connectivity index (χ1v) is 8.33. The topological polar surface area (TPSA) is 84.3 Å². The minimum atomic E-state index is -0.277. The molecule has 0 fully saturated rings. The number of rotatable bonds is 5. The van der Waals surface area contributed by atoms with Crippen LogP contribution in [0, 0.1) is 0 Å². The van der Waals surface area contributed by atoms with E-state index in [-0.39, 0.29) is 11.1 Å². The van der Waals surface area contributed by atoms with Gasteiger partial charge in [-0.3, -0.25) is 0 Å². The predicted molar refractivity (Wildman–Crippen MR) is 97.2 cm³/mol. The molecular formula is C18H23N5O2. The minimum absolute atomic E-state index is 0.190. The van der Waals surface area contributed by atoms with Crippen LogP contribution in [0.2, 0.25) is 0 Å².